The molecular weight excluding hydrogens is 394 g/mol. The van der Waals surface area contributed by atoms with Crippen LogP contribution in [-0.4, -0.2) is 39.6 Å². The summed E-state index contributed by atoms with van der Waals surface area (Å²) in [4.78, 5) is 28.7. The summed E-state index contributed by atoms with van der Waals surface area (Å²) in [7, 11) is 1.62. The van der Waals surface area contributed by atoms with Crippen LogP contribution >= 0.6 is 11.8 Å². The largest absolute Gasteiger partial charge is 0.497 e. The van der Waals surface area contributed by atoms with Crippen molar-refractivity contribution in [2.24, 2.45) is 0 Å². The molecule has 1 aromatic carbocycles. The summed E-state index contributed by atoms with van der Waals surface area (Å²) in [5, 5.41) is 1.10. The van der Waals surface area contributed by atoms with Gasteiger partial charge in [0.1, 0.15) is 28.7 Å². The minimum Gasteiger partial charge on any atom is -0.497 e. The van der Waals surface area contributed by atoms with Crippen LogP contribution in [0.3, 0.4) is 0 Å². The standard InChI is InChI=1S/C19H19N5O4S/c1-4-27-18(25)14-9(2)28-17-15(14)16(20)23-13(24-17)8-29-19-21-11-6-5-10(26-3)7-12(11)22-19/h5-7H,4,8H2,1-3H3,(H,21,22)(H2,20,23,24). The molecule has 0 aliphatic carbocycles. The maximum atomic E-state index is 12.2. The van der Waals surface area contributed by atoms with Crippen molar-refractivity contribution >= 4 is 45.7 Å². The minimum absolute atomic E-state index is 0.180. The maximum Gasteiger partial charge on any atom is 0.342 e. The lowest BCUT2D eigenvalue weighted by Crippen LogP contribution is -2.07. The van der Waals surface area contributed by atoms with E-state index in [-0.39, 0.29) is 23.7 Å². The highest BCUT2D eigenvalue weighted by Gasteiger charge is 2.24. The predicted molar refractivity (Wildman–Crippen MR) is 109 cm³/mol. The number of imidazole rings is 1. The van der Waals surface area contributed by atoms with Gasteiger partial charge < -0.3 is 24.6 Å². The van der Waals surface area contributed by atoms with Crippen LogP contribution in [0.2, 0.25) is 0 Å². The first kappa shape index (κ1) is 19.1. The van der Waals surface area contributed by atoms with Crippen molar-refractivity contribution in [2.45, 2.75) is 24.8 Å². The predicted octanol–water partition coefficient (Wildman–Crippen LogP) is 3.47. The van der Waals surface area contributed by atoms with Gasteiger partial charge in [-0.15, -0.1) is 0 Å². The van der Waals surface area contributed by atoms with Crippen molar-refractivity contribution in [3.8, 4) is 5.75 Å². The summed E-state index contributed by atoms with van der Waals surface area (Å²) in [6, 6.07) is 5.63. The fourth-order valence-electron chi connectivity index (χ4n) is 2.99. The maximum absolute atomic E-state index is 12.2. The number of thioether (sulfide) groups is 1. The van der Waals surface area contributed by atoms with Crippen LogP contribution in [0.4, 0.5) is 5.82 Å². The topological polar surface area (TPSA) is 129 Å². The number of esters is 1. The van der Waals surface area contributed by atoms with Gasteiger partial charge in [0.15, 0.2) is 5.16 Å². The van der Waals surface area contributed by atoms with Crippen LogP contribution in [0.15, 0.2) is 27.8 Å². The lowest BCUT2D eigenvalue weighted by molar-refractivity contribution is 0.0526. The van der Waals surface area contributed by atoms with Gasteiger partial charge in [0.25, 0.3) is 0 Å². The third-order valence-electron chi connectivity index (χ3n) is 4.29. The van der Waals surface area contributed by atoms with Gasteiger partial charge in [-0.1, -0.05) is 11.8 Å². The van der Waals surface area contributed by atoms with Gasteiger partial charge in [-0.3, -0.25) is 0 Å². The number of nitrogens with one attached hydrogen (secondary N) is 1. The Morgan fingerprint density at radius 2 is 2.14 bits per heavy atom. The smallest absolute Gasteiger partial charge is 0.342 e. The molecule has 0 aliphatic heterocycles. The Bertz CT molecular complexity index is 1220. The number of aromatic amines is 1. The Balaban J connectivity index is 1.59. The summed E-state index contributed by atoms with van der Waals surface area (Å²) in [5.74, 6) is 1.73. The van der Waals surface area contributed by atoms with Crippen molar-refractivity contribution in [3.05, 3.63) is 35.3 Å². The van der Waals surface area contributed by atoms with Gasteiger partial charge in [0.05, 0.1) is 35.9 Å². The van der Waals surface area contributed by atoms with Gasteiger partial charge in [0, 0.05) is 6.07 Å². The number of methoxy groups -OCH3 is 1. The van der Waals surface area contributed by atoms with E-state index in [9.17, 15) is 4.79 Å². The molecule has 3 N–H and O–H groups in total. The molecule has 0 atom stereocenters. The molecule has 0 unspecified atom stereocenters. The normalized spacial score (nSPS) is 11.3. The van der Waals surface area contributed by atoms with E-state index in [4.69, 9.17) is 19.6 Å². The minimum atomic E-state index is -0.501. The van der Waals surface area contributed by atoms with Crippen molar-refractivity contribution < 1.29 is 18.7 Å². The van der Waals surface area contributed by atoms with Crippen molar-refractivity contribution in [2.75, 3.05) is 19.5 Å². The molecule has 3 heterocycles. The number of ether oxygens (including phenoxy) is 2. The lowest BCUT2D eigenvalue weighted by Gasteiger charge is -2.03. The quantitative estimate of drug-likeness (QED) is 0.360. The zero-order valence-electron chi connectivity index (χ0n) is 16.1. The zero-order chi connectivity index (χ0) is 20.5. The number of nitrogens with two attached hydrogens (primary N) is 1. The van der Waals surface area contributed by atoms with Gasteiger partial charge in [-0.25, -0.2) is 14.8 Å². The number of benzene rings is 1. The number of nitrogens with zero attached hydrogens (tertiary/aromatic N) is 3. The molecule has 0 amide bonds. The number of nitrogen functional groups attached to an aromatic ring is 1. The average Bonchev–Trinajstić information content (AvgIpc) is 3.25. The van der Waals surface area contributed by atoms with Crippen molar-refractivity contribution in [1.29, 1.82) is 0 Å². The van der Waals surface area contributed by atoms with E-state index in [0.29, 0.717) is 22.7 Å². The van der Waals surface area contributed by atoms with Crippen LogP contribution in [0.5, 0.6) is 5.75 Å². The highest BCUT2D eigenvalue weighted by Crippen LogP contribution is 2.30. The van der Waals surface area contributed by atoms with Crippen LogP contribution in [0, 0.1) is 6.92 Å². The Hall–Kier alpha value is -3.27. The van der Waals surface area contributed by atoms with Crippen LogP contribution in [-0.2, 0) is 10.5 Å². The van der Waals surface area contributed by atoms with E-state index in [1.807, 2.05) is 18.2 Å². The molecule has 4 aromatic rings. The highest BCUT2D eigenvalue weighted by atomic mass is 32.2. The Morgan fingerprint density at radius 1 is 1.31 bits per heavy atom. The summed E-state index contributed by atoms with van der Waals surface area (Å²) < 4.78 is 15.9. The second-order valence-corrected chi connectivity index (χ2v) is 7.14. The average molecular weight is 413 g/mol. The Labute approximate surface area is 170 Å². The Morgan fingerprint density at radius 3 is 2.90 bits per heavy atom. The first-order chi connectivity index (χ1) is 14.0. The molecule has 0 radical (unpaired) electrons. The monoisotopic (exact) mass is 413 g/mol. The number of anilines is 1. The van der Waals surface area contributed by atoms with E-state index >= 15 is 0 Å². The number of rotatable bonds is 6. The summed E-state index contributed by atoms with van der Waals surface area (Å²) in [6.45, 7) is 3.66. The number of carbonyl (C=O) groups is 1. The van der Waals surface area contributed by atoms with E-state index in [1.165, 1.54) is 11.8 Å². The first-order valence-corrected chi connectivity index (χ1v) is 9.87. The summed E-state index contributed by atoms with van der Waals surface area (Å²) in [6.07, 6.45) is 0. The number of furan rings is 1. The molecule has 0 bridgehead atoms. The van der Waals surface area contributed by atoms with Gasteiger partial charge in [0.2, 0.25) is 5.71 Å². The second-order valence-electron chi connectivity index (χ2n) is 6.17. The molecule has 4 rings (SSSR count). The molecule has 9 nitrogen and oxygen atoms in total. The molecule has 29 heavy (non-hydrogen) atoms. The lowest BCUT2D eigenvalue weighted by atomic mass is 10.2. The SMILES string of the molecule is CCOC(=O)c1c(C)oc2nc(CSc3nc4ccc(OC)cc4[nH]3)nc(N)c12. The van der Waals surface area contributed by atoms with Crippen molar-refractivity contribution in [3.63, 3.8) is 0 Å². The fourth-order valence-corrected chi connectivity index (χ4v) is 3.73. The number of hydrogen-bond donors (Lipinski definition) is 2. The number of H-pyrrole nitrogens is 1. The molecule has 0 aliphatic rings. The second kappa shape index (κ2) is 7.63. The van der Waals surface area contributed by atoms with Crippen LogP contribution in [0.25, 0.3) is 22.1 Å². The third kappa shape index (κ3) is 3.58. The zero-order valence-corrected chi connectivity index (χ0v) is 16.9. The molecular formula is C19H19N5O4S. The number of hydrogen-bond acceptors (Lipinski definition) is 9. The first-order valence-electron chi connectivity index (χ1n) is 8.89. The highest BCUT2D eigenvalue weighted by molar-refractivity contribution is 7.98. The number of aromatic nitrogens is 4. The van der Waals surface area contributed by atoms with Gasteiger partial charge >= 0.3 is 5.97 Å². The fraction of sp³-hybridized carbons (Fsp3) is 0.263. The molecule has 0 fully saturated rings. The van der Waals surface area contributed by atoms with E-state index in [0.717, 1.165) is 21.9 Å². The Kier molecular flexibility index (Phi) is 5.01. The third-order valence-corrected chi connectivity index (χ3v) is 5.16. The number of carbonyl (C=O) groups excluding carboxylic acids is 1. The van der Waals surface area contributed by atoms with E-state index in [1.54, 1.807) is 21.0 Å². The number of fused-ring (bicyclic) bond motifs is 2. The van der Waals surface area contributed by atoms with E-state index in [2.05, 4.69) is 19.9 Å². The molecule has 10 heteroatoms. The molecule has 0 saturated heterocycles. The molecule has 150 valence electrons. The van der Waals surface area contributed by atoms with Crippen LogP contribution in [0.1, 0.15) is 28.9 Å². The molecule has 0 saturated carbocycles. The van der Waals surface area contributed by atoms with Gasteiger partial charge in [-0.05, 0) is 26.0 Å². The van der Waals surface area contributed by atoms with E-state index < -0.39 is 5.97 Å². The van der Waals surface area contributed by atoms with Gasteiger partial charge in [-0.2, -0.15) is 4.98 Å². The molecule has 3 aromatic heterocycles. The summed E-state index contributed by atoms with van der Waals surface area (Å²) >= 11 is 1.43. The van der Waals surface area contributed by atoms with Crippen LogP contribution < -0.4 is 10.5 Å². The number of aryl methyl sites for hydroxylation is 1. The molecule has 0 spiro atoms. The summed E-state index contributed by atoms with van der Waals surface area (Å²) in [5.41, 5.74) is 8.35. The van der Waals surface area contributed by atoms with Crippen molar-refractivity contribution in [1.82, 2.24) is 19.9 Å².